The second-order valence-corrected chi connectivity index (χ2v) is 7.16. The zero-order valence-corrected chi connectivity index (χ0v) is 17.0. The molecule has 1 aromatic carbocycles. The molecule has 166 valence electrons. The molecule has 1 aliphatic heterocycles. The molecule has 4 rings (SSSR count). The number of rotatable bonds is 4. The van der Waals surface area contributed by atoms with E-state index in [2.05, 4.69) is 20.3 Å². The molecule has 0 spiro atoms. The highest BCUT2D eigenvalue weighted by molar-refractivity contribution is 5.88. The number of halogens is 3. The normalized spacial score (nSPS) is 14.4. The highest BCUT2D eigenvalue weighted by Gasteiger charge is 2.35. The standard InChI is InChI=1S/C20H18F3N7O2/c1-29-11-26-18-17(27-15(9-24)28-19(18)29)12-2-3-14(13(8-12)20(21,22)23)32-10-16(31)30-6-4-25-5-7-30/h2-3,8,11,25H,4-7,10H2,1H3. The summed E-state index contributed by atoms with van der Waals surface area (Å²) in [7, 11) is 1.65. The molecule has 9 nitrogen and oxygen atoms in total. The number of nitrogens with zero attached hydrogens (tertiary/aromatic N) is 6. The average Bonchev–Trinajstić information content (AvgIpc) is 3.17. The molecule has 32 heavy (non-hydrogen) atoms. The number of aromatic nitrogens is 4. The third kappa shape index (κ3) is 4.19. The Labute approximate surface area is 180 Å². The van der Waals surface area contributed by atoms with Crippen molar-refractivity contribution in [2.24, 2.45) is 7.05 Å². The summed E-state index contributed by atoms with van der Waals surface area (Å²) in [5.74, 6) is -1.03. The zero-order valence-electron chi connectivity index (χ0n) is 17.0. The van der Waals surface area contributed by atoms with E-state index in [1.54, 1.807) is 16.5 Å². The highest BCUT2D eigenvalue weighted by atomic mass is 19.4. The second kappa shape index (κ2) is 8.43. The monoisotopic (exact) mass is 445 g/mol. The molecule has 0 saturated carbocycles. The van der Waals surface area contributed by atoms with Gasteiger partial charge in [-0.1, -0.05) is 0 Å². The molecule has 3 heterocycles. The van der Waals surface area contributed by atoms with Crippen LogP contribution in [-0.2, 0) is 18.0 Å². The predicted molar refractivity (Wildman–Crippen MR) is 106 cm³/mol. The number of benzene rings is 1. The summed E-state index contributed by atoms with van der Waals surface area (Å²) in [5, 5.41) is 12.3. The predicted octanol–water partition coefficient (Wildman–Crippen LogP) is 1.73. The van der Waals surface area contributed by atoms with Crippen LogP contribution >= 0.6 is 0 Å². The van der Waals surface area contributed by atoms with Crippen LogP contribution in [0.1, 0.15) is 11.4 Å². The van der Waals surface area contributed by atoms with E-state index in [-0.39, 0.29) is 28.5 Å². The number of hydrogen-bond donors (Lipinski definition) is 1. The van der Waals surface area contributed by atoms with Crippen molar-refractivity contribution in [3.05, 3.63) is 35.9 Å². The number of carbonyl (C=O) groups is 1. The van der Waals surface area contributed by atoms with Crippen molar-refractivity contribution < 1.29 is 22.7 Å². The summed E-state index contributed by atoms with van der Waals surface area (Å²) >= 11 is 0. The van der Waals surface area contributed by atoms with Crippen molar-refractivity contribution >= 4 is 17.1 Å². The van der Waals surface area contributed by atoms with E-state index in [0.717, 1.165) is 12.1 Å². The Morgan fingerprint density at radius 1 is 1.28 bits per heavy atom. The Hall–Kier alpha value is -3.72. The van der Waals surface area contributed by atoms with Gasteiger partial charge in [-0.2, -0.15) is 23.4 Å². The van der Waals surface area contributed by atoms with E-state index in [4.69, 9.17) is 4.74 Å². The first kappa shape index (κ1) is 21.5. The van der Waals surface area contributed by atoms with Gasteiger partial charge in [0.15, 0.2) is 12.3 Å². The van der Waals surface area contributed by atoms with Crippen molar-refractivity contribution in [3.63, 3.8) is 0 Å². The summed E-state index contributed by atoms with van der Waals surface area (Å²) in [6, 6.07) is 5.22. The number of amides is 1. The summed E-state index contributed by atoms with van der Waals surface area (Å²) in [4.78, 5) is 26.1. The van der Waals surface area contributed by atoms with Crippen molar-refractivity contribution in [3.8, 4) is 23.1 Å². The fraction of sp³-hybridized carbons (Fsp3) is 0.350. The fourth-order valence-corrected chi connectivity index (χ4v) is 3.43. The summed E-state index contributed by atoms with van der Waals surface area (Å²) in [6.45, 7) is 1.70. The Morgan fingerprint density at radius 3 is 2.72 bits per heavy atom. The number of carbonyl (C=O) groups excluding carboxylic acids is 1. The van der Waals surface area contributed by atoms with Crippen LogP contribution in [0, 0.1) is 11.3 Å². The molecule has 2 aromatic heterocycles. The quantitative estimate of drug-likeness (QED) is 0.652. The fourth-order valence-electron chi connectivity index (χ4n) is 3.43. The maximum Gasteiger partial charge on any atom is 0.419 e. The number of hydrogen-bond acceptors (Lipinski definition) is 7. The summed E-state index contributed by atoms with van der Waals surface area (Å²) < 4.78 is 48.2. The van der Waals surface area contributed by atoms with Gasteiger partial charge in [0.1, 0.15) is 23.0 Å². The van der Waals surface area contributed by atoms with E-state index in [1.165, 1.54) is 12.4 Å². The van der Waals surface area contributed by atoms with Crippen LogP contribution in [0.25, 0.3) is 22.4 Å². The van der Waals surface area contributed by atoms with Crippen molar-refractivity contribution in [1.29, 1.82) is 5.26 Å². The van der Waals surface area contributed by atoms with Crippen LogP contribution in [0.15, 0.2) is 24.5 Å². The van der Waals surface area contributed by atoms with Crippen LogP contribution in [0.2, 0.25) is 0 Å². The Morgan fingerprint density at radius 2 is 2.03 bits per heavy atom. The zero-order chi connectivity index (χ0) is 22.9. The molecule has 1 aliphatic rings. The molecular formula is C20H18F3N7O2. The van der Waals surface area contributed by atoms with Crippen LogP contribution in [0.3, 0.4) is 0 Å². The number of piperazine rings is 1. The Kier molecular flexibility index (Phi) is 5.67. The van der Waals surface area contributed by atoms with Crippen LogP contribution in [0.4, 0.5) is 13.2 Å². The summed E-state index contributed by atoms with van der Waals surface area (Å²) in [5.41, 5.74) is -0.268. The van der Waals surface area contributed by atoms with Gasteiger partial charge in [-0.15, -0.1) is 0 Å². The number of alkyl halides is 3. The van der Waals surface area contributed by atoms with Crippen molar-refractivity contribution in [2.75, 3.05) is 32.8 Å². The molecule has 0 aliphatic carbocycles. The van der Waals surface area contributed by atoms with E-state index in [9.17, 15) is 23.2 Å². The number of ether oxygens (including phenoxy) is 1. The molecule has 0 unspecified atom stereocenters. The van der Waals surface area contributed by atoms with E-state index < -0.39 is 24.1 Å². The van der Waals surface area contributed by atoms with E-state index >= 15 is 0 Å². The Bertz CT molecular complexity index is 1210. The molecule has 0 atom stereocenters. The summed E-state index contributed by atoms with van der Waals surface area (Å²) in [6.07, 6.45) is -3.30. The third-order valence-corrected chi connectivity index (χ3v) is 5.04. The van der Waals surface area contributed by atoms with Gasteiger partial charge in [-0.3, -0.25) is 4.79 Å². The average molecular weight is 445 g/mol. The van der Waals surface area contributed by atoms with Gasteiger partial charge in [-0.05, 0) is 18.2 Å². The molecule has 1 N–H and O–H groups in total. The topological polar surface area (TPSA) is 109 Å². The number of fused-ring (bicyclic) bond motifs is 1. The largest absolute Gasteiger partial charge is 0.483 e. The molecular weight excluding hydrogens is 427 g/mol. The molecule has 12 heteroatoms. The minimum Gasteiger partial charge on any atom is -0.483 e. The molecule has 1 fully saturated rings. The van der Waals surface area contributed by atoms with E-state index in [0.29, 0.717) is 31.8 Å². The smallest absolute Gasteiger partial charge is 0.419 e. The minimum absolute atomic E-state index is 0.0979. The number of aryl methyl sites for hydroxylation is 1. The van der Waals surface area contributed by atoms with Gasteiger partial charge >= 0.3 is 6.18 Å². The maximum atomic E-state index is 13.8. The molecule has 0 bridgehead atoms. The first-order chi connectivity index (χ1) is 15.3. The maximum absolute atomic E-state index is 13.8. The van der Waals surface area contributed by atoms with Gasteiger partial charge in [0.25, 0.3) is 5.91 Å². The minimum atomic E-state index is -4.74. The van der Waals surface area contributed by atoms with Gasteiger partial charge in [0.2, 0.25) is 5.82 Å². The second-order valence-electron chi connectivity index (χ2n) is 7.16. The first-order valence-corrected chi connectivity index (χ1v) is 9.70. The van der Waals surface area contributed by atoms with Crippen LogP contribution in [-0.4, -0.2) is 63.1 Å². The van der Waals surface area contributed by atoms with E-state index in [1.807, 2.05) is 6.07 Å². The Balaban J connectivity index is 1.69. The van der Waals surface area contributed by atoms with Gasteiger partial charge < -0.3 is 19.5 Å². The molecule has 1 amide bonds. The molecule has 3 aromatic rings. The first-order valence-electron chi connectivity index (χ1n) is 9.70. The van der Waals surface area contributed by atoms with Crippen molar-refractivity contribution in [1.82, 2.24) is 29.7 Å². The van der Waals surface area contributed by atoms with Crippen LogP contribution < -0.4 is 10.1 Å². The lowest BCUT2D eigenvalue weighted by molar-refractivity contribution is -0.141. The number of nitrogens with one attached hydrogen (secondary N) is 1. The van der Waals surface area contributed by atoms with Crippen molar-refractivity contribution in [2.45, 2.75) is 6.18 Å². The number of nitriles is 1. The lowest BCUT2D eigenvalue weighted by Crippen LogP contribution is -2.48. The lowest BCUT2D eigenvalue weighted by Gasteiger charge is -2.27. The van der Waals surface area contributed by atoms with Gasteiger partial charge in [0.05, 0.1) is 11.9 Å². The number of imidazole rings is 1. The molecule has 1 saturated heterocycles. The highest BCUT2D eigenvalue weighted by Crippen LogP contribution is 2.39. The third-order valence-electron chi connectivity index (χ3n) is 5.04. The van der Waals surface area contributed by atoms with Gasteiger partial charge in [0, 0.05) is 38.8 Å². The SMILES string of the molecule is Cn1cnc2c(-c3ccc(OCC(=O)N4CCNCC4)c(C(F)(F)F)c3)nc(C#N)nc21. The molecule has 0 radical (unpaired) electrons. The van der Waals surface area contributed by atoms with Crippen LogP contribution in [0.5, 0.6) is 5.75 Å². The lowest BCUT2D eigenvalue weighted by atomic mass is 10.1. The van der Waals surface area contributed by atoms with Gasteiger partial charge in [-0.25, -0.2) is 9.97 Å².